The largest absolute Gasteiger partial charge is 0.211 e. The highest BCUT2D eigenvalue weighted by molar-refractivity contribution is 6.29. The Balaban J connectivity index is 2.60. The molecule has 0 bridgehead atoms. The van der Waals surface area contributed by atoms with Crippen LogP contribution in [-0.4, -0.2) is 0 Å². The highest BCUT2D eigenvalue weighted by Gasteiger charge is 2.09. The molecule has 0 nitrogen and oxygen atoms in total. The van der Waals surface area contributed by atoms with Crippen molar-refractivity contribution in [1.82, 2.24) is 0 Å². The van der Waals surface area contributed by atoms with E-state index < -0.39 is 0 Å². The van der Waals surface area contributed by atoms with E-state index in [9.17, 15) is 4.39 Å². The third-order valence-corrected chi connectivity index (χ3v) is 3.14. The van der Waals surface area contributed by atoms with Gasteiger partial charge in [0.05, 0.1) is 0 Å². The molecule has 88 valence electrons. The van der Waals surface area contributed by atoms with Gasteiger partial charge in [-0.1, -0.05) is 42.8 Å². The zero-order chi connectivity index (χ0) is 12.1. The lowest BCUT2D eigenvalue weighted by Crippen LogP contribution is -1.93. The Bertz CT molecular complexity index is 361. The van der Waals surface area contributed by atoms with Crippen molar-refractivity contribution >= 4 is 11.6 Å². The number of hydrogen-bond donors (Lipinski definition) is 0. The molecule has 2 heteroatoms. The molecule has 0 N–H and O–H groups in total. The Hall–Kier alpha value is -0.820. The van der Waals surface area contributed by atoms with E-state index in [-0.39, 0.29) is 5.83 Å². The summed E-state index contributed by atoms with van der Waals surface area (Å²) in [6.45, 7) is 8.02. The molecule has 1 aliphatic rings. The summed E-state index contributed by atoms with van der Waals surface area (Å²) in [6.07, 6.45) is 7.44. The summed E-state index contributed by atoms with van der Waals surface area (Å²) in [7, 11) is 0. The highest BCUT2D eigenvalue weighted by Crippen LogP contribution is 2.27. The summed E-state index contributed by atoms with van der Waals surface area (Å²) in [5.74, 6) is 0.367. The predicted octanol–water partition coefficient (Wildman–Crippen LogP) is 5.29. The monoisotopic (exact) mass is 240 g/mol. The van der Waals surface area contributed by atoms with Crippen LogP contribution in [0.25, 0.3) is 0 Å². The Morgan fingerprint density at radius 3 is 2.94 bits per heavy atom. The van der Waals surface area contributed by atoms with E-state index >= 15 is 0 Å². The molecular weight excluding hydrogens is 223 g/mol. The minimum Gasteiger partial charge on any atom is -0.211 e. The number of hydrogen-bond acceptors (Lipinski definition) is 0. The standard InChI is InChI=1S/C14H18ClF/c1-10(2)11(3)5-4-6-12-9-13(15)7-8-14(12)16/h4,6,9,11H,1,5,7-8H2,2-3H3/b6-4+/t11-/m1/s1. The van der Waals surface area contributed by atoms with Gasteiger partial charge in [-0.15, -0.1) is 0 Å². The van der Waals surface area contributed by atoms with Gasteiger partial charge in [0.1, 0.15) is 5.83 Å². The average Bonchev–Trinajstić information content (AvgIpc) is 2.22. The summed E-state index contributed by atoms with van der Waals surface area (Å²) in [5.41, 5.74) is 1.77. The first-order valence-electron chi connectivity index (χ1n) is 5.57. The van der Waals surface area contributed by atoms with Crippen molar-refractivity contribution in [2.75, 3.05) is 0 Å². The van der Waals surface area contributed by atoms with Crippen LogP contribution in [0.1, 0.15) is 33.1 Å². The topological polar surface area (TPSA) is 0 Å². The van der Waals surface area contributed by atoms with Crippen LogP contribution in [0, 0.1) is 5.92 Å². The van der Waals surface area contributed by atoms with Crippen LogP contribution < -0.4 is 0 Å². The fraction of sp³-hybridized carbons (Fsp3) is 0.429. The van der Waals surface area contributed by atoms with Crippen molar-refractivity contribution in [3.63, 3.8) is 0 Å². The van der Waals surface area contributed by atoms with Crippen LogP contribution >= 0.6 is 11.6 Å². The third kappa shape index (κ3) is 3.97. The van der Waals surface area contributed by atoms with Gasteiger partial charge in [0, 0.05) is 17.0 Å². The molecule has 0 aromatic heterocycles. The molecule has 1 rings (SSSR count). The SMILES string of the molecule is C=C(C)[C@H](C)C/C=C/C1=C(F)CCC(Cl)=C1. The van der Waals surface area contributed by atoms with E-state index in [2.05, 4.69) is 13.5 Å². The Morgan fingerprint density at radius 2 is 2.31 bits per heavy atom. The van der Waals surface area contributed by atoms with Gasteiger partial charge in [-0.25, -0.2) is 4.39 Å². The van der Waals surface area contributed by atoms with Crippen LogP contribution in [0.15, 0.2) is 46.8 Å². The summed E-state index contributed by atoms with van der Waals surface area (Å²) < 4.78 is 13.4. The van der Waals surface area contributed by atoms with Gasteiger partial charge in [0.2, 0.25) is 0 Å². The first-order chi connectivity index (χ1) is 7.50. The lowest BCUT2D eigenvalue weighted by molar-refractivity contribution is 0.579. The van der Waals surface area contributed by atoms with E-state index in [1.807, 2.05) is 19.1 Å². The number of rotatable bonds is 4. The fourth-order valence-corrected chi connectivity index (χ4v) is 1.64. The van der Waals surface area contributed by atoms with Crippen molar-refractivity contribution in [1.29, 1.82) is 0 Å². The highest BCUT2D eigenvalue weighted by atomic mass is 35.5. The molecule has 0 fully saturated rings. The molecular formula is C14H18ClF. The zero-order valence-corrected chi connectivity index (χ0v) is 10.6. The van der Waals surface area contributed by atoms with Gasteiger partial charge in [0.15, 0.2) is 0 Å². The minimum absolute atomic E-state index is 0.0661. The lowest BCUT2D eigenvalue weighted by Gasteiger charge is -2.09. The second-order valence-corrected chi connectivity index (χ2v) is 4.82. The van der Waals surface area contributed by atoms with E-state index in [1.165, 1.54) is 0 Å². The summed E-state index contributed by atoms with van der Waals surface area (Å²) in [4.78, 5) is 0. The predicted molar refractivity (Wildman–Crippen MR) is 69.0 cm³/mol. The van der Waals surface area contributed by atoms with Gasteiger partial charge in [-0.05, 0) is 31.8 Å². The van der Waals surface area contributed by atoms with E-state index in [0.717, 1.165) is 17.0 Å². The van der Waals surface area contributed by atoms with Crippen molar-refractivity contribution in [2.24, 2.45) is 5.92 Å². The van der Waals surface area contributed by atoms with Crippen molar-refractivity contribution in [3.05, 3.63) is 46.8 Å². The molecule has 0 amide bonds. The molecule has 0 spiro atoms. The van der Waals surface area contributed by atoms with Crippen molar-refractivity contribution in [2.45, 2.75) is 33.1 Å². The number of allylic oxidation sites excluding steroid dienone is 7. The molecule has 0 unspecified atom stereocenters. The second kappa shape index (κ2) is 6.05. The van der Waals surface area contributed by atoms with Gasteiger partial charge < -0.3 is 0 Å². The average molecular weight is 241 g/mol. The fourth-order valence-electron chi connectivity index (χ4n) is 1.43. The third-order valence-electron chi connectivity index (χ3n) is 2.84. The molecule has 0 heterocycles. The maximum Gasteiger partial charge on any atom is 0.108 e. The summed E-state index contributed by atoms with van der Waals surface area (Å²) >= 11 is 5.88. The van der Waals surface area contributed by atoms with Crippen LogP contribution in [0.3, 0.4) is 0 Å². The smallest absolute Gasteiger partial charge is 0.108 e. The van der Waals surface area contributed by atoms with Crippen molar-refractivity contribution in [3.8, 4) is 0 Å². The molecule has 1 aliphatic carbocycles. The van der Waals surface area contributed by atoms with E-state index in [0.29, 0.717) is 24.3 Å². The molecule has 0 aliphatic heterocycles. The molecule has 16 heavy (non-hydrogen) atoms. The van der Waals surface area contributed by atoms with E-state index in [4.69, 9.17) is 11.6 Å². The maximum absolute atomic E-state index is 13.4. The Kier molecular flexibility index (Phi) is 5.01. The molecule has 0 radical (unpaired) electrons. The van der Waals surface area contributed by atoms with Crippen LogP contribution in [0.2, 0.25) is 0 Å². The van der Waals surface area contributed by atoms with Gasteiger partial charge in [0.25, 0.3) is 0 Å². The first kappa shape index (κ1) is 13.2. The van der Waals surface area contributed by atoms with Crippen LogP contribution in [0.4, 0.5) is 4.39 Å². The van der Waals surface area contributed by atoms with Gasteiger partial charge >= 0.3 is 0 Å². The maximum atomic E-state index is 13.4. The normalized spacial score (nSPS) is 18.9. The molecule has 1 atom stereocenters. The van der Waals surface area contributed by atoms with Crippen molar-refractivity contribution < 1.29 is 4.39 Å². The zero-order valence-electron chi connectivity index (χ0n) is 9.89. The Morgan fingerprint density at radius 1 is 1.62 bits per heavy atom. The quantitative estimate of drug-likeness (QED) is 0.586. The van der Waals surface area contributed by atoms with Gasteiger partial charge in [-0.3, -0.25) is 0 Å². The number of halogens is 2. The van der Waals surface area contributed by atoms with Crippen LogP contribution in [-0.2, 0) is 0 Å². The Labute approximate surface area is 102 Å². The van der Waals surface area contributed by atoms with Gasteiger partial charge in [-0.2, -0.15) is 0 Å². The lowest BCUT2D eigenvalue weighted by atomic mass is 9.99. The van der Waals surface area contributed by atoms with E-state index in [1.54, 1.807) is 6.08 Å². The molecule has 0 aromatic rings. The second-order valence-electron chi connectivity index (χ2n) is 4.34. The first-order valence-corrected chi connectivity index (χ1v) is 5.95. The molecule has 0 saturated carbocycles. The summed E-state index contributed by atoms with van der Waals surface area (Å²) in [6, 6.07) is 0. The van der Waals surface area contributed by atoms with Crippen LogP contribution in [0.5, 0.6) is 0 Å². The summed E-state index contributed by atoms with van der Waals surface area (Å²) in [5, 5.41) is 0.731. The molecule has 0 saturated heterocycles. The minimum atomic E-state index is -0.0661. The molecule has 0 aromatic carbocycles.